The van der Waals surface area contributed by atoms with E-state index in [0.717, 1.165) is 42.1 Å². The summed E-state index contributed by atoms with van der Waals surface area (Å²) in [6.07, 6.45) is 4.19. The number of primary amides is 1. The van der Waals surface area contributed by atoms with Gasteiger partial charge in [-0.15, -0.1) is 5.10 Å². The van der Waals surface area contributed by atoms with E-state index >= 15 is 0 Å². The maximum atomic E-state index is 13.8. The van der Waals surface area contributed by atoms with Crippen LogP contribution in [-0.2, 0) is 6.42 Å². The Hall–Kier alpha value is -3.81. The number of fused-ring (bicyclic) bond motifs is 1. The molecule has 0 spiro atoms. The molecule has 1 atom stereocenters. The SMILES string of the molecule is NC(=O)c1cccc(Cc2cnc3ccc(N4CCCC4c4cccc(F)c4)nn23)n1. The lowest BCUT2D eigenvalue weighted by Crippen LogP contribution is -2.24. The van der Waals surface area contributed by atoms with Crippen LogP contribution in [0.2, 0.25) is 0 Å². The fourth-order valence-corrected chi connectivity index (χ4v) is 4.19. The minimum Gasteiger partial charge on any atom is -0.364 e. The van der Waals surface area contributed by atoms with Gasteiger partial charge >= 0.3 is 0 Å². The van der Waals surface area contributed by atoms with E-state index in [1.54, 1.807) is 35.0 Å². The highest BCUT2D eigenvalue weighted by molar-refractivity contribution is 5.90. The molecule has 1 fully saturated rings. The fourth-order valence-electron chi connectivity index (χ4n) is 4.19. The molecule has 156 valence electrons. The van der Waals surface area contributed by atoms with Crippen molar-refractivity contribution in [3.63, 3.8) is 0 Å². The number of hydrogen-bond donors (Lipinski definition) is 1. The molecule has 4 heterocycles. The smallest absolute Gasteiger partial charge is 0.267 e. The van der Waals surface area contributed by atoms with Crippen molar-refractivity contribution < 1.29 is 9.18 Å². The molecule has 5 rings (SSSR count). The van der Waals surface area contributed by atoms with Crippen molar-refractivity contribution in [3.05, 3.63) is 89.3 Å². The maximum Gasteiger partial charge on any atom is 0.267 e. The molecule has 0 radical (unpaired) electrons. The molecular weight excluding hydrogens is 395 g/mol. The molecule has 1 unspecified atom stereocenters. The zero-order chi connectivity index (χ0) is 21.4. The Bertz CT molecular complexity index is 1270. The number of halogens is 1. The first-order chi connectivity index (χ1) is 15.1. The summed E-state index contributed by atoms with van der Waals surface area (Å²) in [6.45, 7) is 0.853. The Morgan fingerprint density at radius 3 is 2.87 bits per heavy atom. The molecule has 1 amide bonds. The number of nitrogens with two attached hydrogens (primary N) is 1. The zero-order valence-electron chi connectivity index (χ0n) is 16.8. The molecule has 7 nitrogen and oxygen atoms in total. The highest BCUT2D eigenvalue weighted by Crippen LogP contribution is 2.35. The molecule has 0 saturated carbocycles. The van der Waals surface area contributed by atoms with E-state index in [0.29, 0.717) is 12.1 Å². The van der Waals surface area contributed by atoms with Gasteiger partial charge in [0.25, 0.3) is 5.91 Å². The second-order valence-corrected chi connectivity index (χ2v) is 7.67. The van der Waals surface area contributed by atoms with Gasteiger partial charge in [-0.2, -0.15) is 0 Å². The van der Waals surface area contributed by atoms with E-state index in [-0.39, 0.29) is 17.6 Å². The van der Waals surface area contributed by atoms with E-state index in [4.69, 9.17) is 10.8 Å². The van der Waals surface area contributed by atoms with Crippen LogP contribution in [0, 0.1) is 5.82 Å². The van der Waals surface area contributed by atoms with Crippen molar-refractivity contribution in [1.82, 2.24) is 19.6 Å². The number of pyridine rings is 1. The van der Waals surface area contributed by atoms with Crippen LogP contribution >= 0.6 is 0 Å². The van der Waals surface area contributed by atoms with Crippen LogP contribution in [0.25, 0.3) is 5.65 Å². The number of anilines is 1. The van der Waals surface area contributed by atoms with Gasteiger partial charge in [0.1, 0.15) is 17.3 Å². The molecule has 0 aliphatic carbocycles. The van der Waals surface area contributed by atoms with Crippen molar-refractivity contribution in [2.24, 2.45) is 5.73 Å². The van der Waals surface area contributed by atoms with E-state index in [1.165, 1.54) is 6.07 Å². The van der Waals surface area contributed by atoms with Gasteiger partial charge < -0.3 is 10.6 Å². The van der Waals surface area contributed by atoms with Gasteiger partial charge in [0.2, 0.25) is 0 Å². The van der Waals surface area contributed by atoms with Crippen molar-refractivity contribution in [2.45, 2.75) is 25.3 Å². The summed E-state index contributed by atoms with van der Waals surface area (Å²) in [7, 11) is 0. The van der Waals surface area contributed by atoms with Gasteiger partial charge in [0.15, 0.2) is 5.65 Å². The third-order valence-corrected chi connectivity index (χ3v) is 5.62. The van der Waals surface area contributed by atoms with E-state index in [1.807, 2.05) is 24.3 Å². The normalized spacial score (nSPS) is 16.2. The molecular formula is C23H21FN6O. The summed E-state index contributed by atoms with van der Waals surface area (Å²) < 4.78 is 15.6. The van der Waals surface area contributed by atoms with E-state index < -0.39 is 5.91 Å². The van der Waals surface area contributed by atoms with Gasteiger partial charge in [-0.1, -0.05) is 18.2 Å². The van der Waals surface area contributed by atoms with Crippen LogP contribution < -0.4 is 10.6 Å². The predicted octanol–water partition coefficient (Wildman–Crippen LogP) is 3.29. The second-order valence-electron chi connectivity index (χ2n) is 7.67. The molecule has 4 aromatic rings. The second kappa shape index (κ2) is 7.79. The van der Waals surface area contributed by atoms with Crippen molar-refractivity contribution >= 4 is 17.4 Å². The van der Waals surface area contributed by atoms with Crippen LogP contribution in [-0.4, -0.2) is 32.0 Å². The number of benzene rings is 1. The zero-order valence-corrected chi connectivity index (χ0v) is 16.8. The summed E-state index contributed by atoms with van der Waals surface area (Å²) in [4.78, 5) is 22.4. The quantitative estimate of drug-likeness (QED) is 0.539. The van der Waals surface area contributed by atoms with Gasteiger partial charge in [0, 0.05) is 18.7 Å². The lowest BCUT2D eigenvalue weighted by atomic mass is 10.0. The average molecular weight is 416 g/mol. The Morgan fingerprint density at radius 2 is 2.03 bits per heavy atom. The number of hydrogen-bond acceptors (Lipinski definition) is 5. The minimum atomic E-state index is -0.558. The highest BCUT2D eigenvalue weighted by Gasteiger charge is 2.28. The van der Waals surface area contributed by atoms with Crippen LogP contribution in [0.5, 0.6) is 0 Å². The standard InChI is InChI=1S/C23H21FN6O/c24-16-5-1-4-15(12-16)20-8-3-11-29(20)22-10-9-21-26-14-18(30(21)28-22)13-17-6-2-7-19(27-17)23(25)31/h1-2,4-7,9-10,12,14,20H,3,8,11,13H2,(H2,25,31). The van der Waals surface area contributed by atoms with Gasteiger partial charge in [-0.05, 0) is 54.8 Å². The highest BCUT2D eigenvalue weighted by atomic mass is 19.1. The first kappa shape index (κ1) is 19.2. The van der Waals surface area contributed by atoms with Crippen LogP contribution in [0.4, 0.5) is 10.2 Å². The molecule has 1 aromatic carbocycles. The number of carbonyl (C=O) groups is 1. The van der Waals surface area contributed by atoms with Gasteiger partial charge in [-0.3, -0.25) is 4.79 Å². The number of imidazole rings is 1. The summed E-state index contributed by atoms with van der Waals surface area (Å²) in [5.74, 6) is 0.0329. The third kappa shape index (κ3) is 3.72. The third-order valence-electron chi connectivity index (χ3n) is 5.62. The first-order valence-corrected chi connectivity index (χ1v) is 10.2. The summed E-state index contributed by atoms with van der Waals surface area (Å²) in [6, 6.07) is 15.9. The van der Waals surface area contributed by atoms with E-state index in [2.05, 4.69) is 14.9 Å². The Balaban J connectivity index is 1.47. The molecule has 0 bridgehead atoms. The van der Waals surface area contributed by atoms with Crippen LogP contribution in [0.1, 0.15) is 46.3 Å². The topological polar surface area (TPSA) is 89.4 Å². The van der Waals surface area contributed by atoms with Crippen LogP contribution in [0.15, 0.2) is 60.8 Å². The number of nitrogens with zero attached hydrogens (tertiary/aromatic N) is 5. The van der Waals surface area contributed by atoms with Crippen molar-refractivity contribution in [1.29, 1.82) is 0 Å². The number of amides is 1. The molecule has 1 saturated heterocycles. The molecule has 1 aliphatic heterocycles. The number of rotatable bonds is 5. The Labute approximate surface area is 178 Å². The predicted molar refractivity (Wildman–Crippen MR) is 114 cm³/mol. The monoisotopic (exact) mass is 416 g/mol. The number of carbonyl (C=O) groups excluding carboxylic acids is 1. The summed E-state index contributed by atoms with van der Waals surface area (Å²) in [5.41, 5.74) is 8.83. The molecule has 2 N–H and O–H groups in total. The summed E-state index contributed by atoms with van der Waals surface area (Å²) >= 11 is 0. The van der Waals surface area contributed by atoms with Gasteiger partial charge in [-0.25, -0.2) is 18.9 Å². The lowest BCUT2D eigenvalue weighted by Gasteiger charge is -2.26. The molecule has 1 aliphatic rings. The van der Waals surface area contributed by atoms with Crippen molar-refractivity contribution in [2.75, 3.05) is 11.4 Å². The summed E-state index contributed by atoms with van der Waals surface area (Å²) in [5, 5.41) is 4.84. The lowest BCUT2D eigenvalue weighted by molar-refractivity contribution is 0.0995. The molecule has 31 heavy (non-hydrogen) atoms. The first-order valence-electron chi connectivity index (χ1n) is 10.2. The Morgan fingerprint density at radius 1 is 1.16 bits per heavy atom. The van der Waals surface area contributed by atoms with E-state index in [9.17, 15) is 9.18 Å². The maximum absolute atomic E-state index is 13.8. The van der Waals surface area contributed by atoms with Crippen LogP contribution in [0.3, 0.4) is 0 Å². The Kier molecular flexibility index (Phi) is 4.82. The largest absolute Gasteiger partial charge is 0.364 e. The molecule has 8 heteroatoms. The minimum absolute atomic E-state index is 0.0848. The number of aromatic nitrogens is 4. The van der Waals surface area contributed by atoms with Crippen molar-refractivity contribution in [3.8, 4) is 0 Å². The fraction of sp³-hybridized carbons (Fsp3) is 0.217. The molecule has 3 aromatic heterocycles. The van der Waals surface area contributed by atoms with Gasteiger partial charge in [0.05, 0.1) is 17.9 Å². The average Bonchev–Trinajstić information content (AvgIpc) is 3.41.